The van der Waals surface area contributed by atoms with E-state index in [0.717, 1.165) is 22.0 Å². The zero-order valence-corrected chi connectivity index (χ0v) is 18.2. The summed E-state index contributed by atoms with van der Waals surface area (Å²) in [6.45, 7) is 5.87. The van der Waals surface area contributed by atoms with E-state index in [2.05, 4.69) is 11.2 Å². The molecular weight excluding hydrogens is 400 g/mol. The molecule has 1 aliphatic heterocycles. The van der Waals surface area contributed by atoms with Gasteiger partial charge in [0.15, 0.2) is 0 Å². The van der Waals surface area contributed by atoms with Gasteiger partial charge in [0.2, 0.25) is 11.8 Å². The van der Waals surface area contributed by atoms with Gasteiger partial charge in [-0.05, 0) is 35.9 Å². The Morgan fingerprint density at radius 2 is 1.69 bits per heavy atom. The van der Waals surface area contributed by atoms with Crippen molar-refractivity contribution in [3.63, 3.8) is 0 Å². The molecule has 1 atom stereocenters. The number of phenolic OH excluding ortho intramolecular Hbond substituents is 1. The Balaban J connectivity index is 0.00000119. The number of aromatic nitrogens is 2. The molecule has 6 heteroatoms. The minimum atomic E-state index is -0.595. The molecule has 0 bridgehead atoms. The predicted octanol–water partition coefficient (Wildman–Crippen LogP) is 5.28. The first-order valence-corrected chi connectivity index (χ1v) is 10.5. The number of fused-ring (bicyclic) bond motifs is 2. The van der Waals surface area contributed by atoms with Gasteiger partial charge in [-0.2, -0.15) is 10.4 Å². The van der Waals surface area contributed by atoms with E-state index in [-0.39, 0.29) is 17.2 Å². The highest BCUT2D eigenvalue weighted by atomic mass is 16.5. The second-order valence-electron chi connectivity index (χ2n) is 7.20. The maximum Gasteiger partial charge on any atom is 0.229 e. The molecule has 0 saturated heterocycles. The van der Waals surface area contributed by atoms with Crippen LogP contribution in [0.3, 0.4) is 0 Å². The van der Waals surface area contributed by atoms with Crippen molar-refractivity contribution in [2.75, 3.05) is 0 Å². The number of phenols is 1. The van der Waals surface area contributed by atoms with Gasteiger partial charge in [-0.25, -0.2) is 4.68 Å². The lowest BCUT2D eigenvalue weighted by molar-refractivity contribution is 0.366. The number of aromatic hydroxyl groups is 1. The molecule has 0 radical (unpaired) electrons. The van der Waals surface area contributed by atoms with Crippen LogP contribution in [-0.4, -0.2) is 14.9 Å². The van der Waals surface area contributed by atoms with Crippen molar-refractivity contribution in [3.8, 4) is 23.4 Å². The summed E-state index contributed by atoms with van der Waals surface area (Å²) in [5, 5.41) is 27.3. The number of ether oxygens (including phenoxy) is 1. The quantitative estimate of drug-likeness (QED) is 0.456. The molecule has 32 heavy (non-hydrogen) atoms. The fourth-order valence-corrected chi connectivity index (χ4v) is 4.13. The normalized spacial score (nSPS) is 14.8. The highest BCUT2D eigenvalue weighted by Crippen LogP contribution is 2.48. The first kappa shape index (κ1) is 21.0. The molecule has 2 heterocycles. The maximum absolute atomic E-state index is 10.9. The van der Waals surface area contributed by atoms with E-state index in [1.807, 2.05) is 81.4 Å². The maximum atomic E-state index is 10.9. The summed E-state index contributed by atoms with van der Waals surface area (Å²) in [5.41, 5.74) is 9.30. The van der Waals surface area contributed by atoms with Gasteiger partial charge in [0, 0.05) is 5.56 Å². The predicted molar refractivity (Wildman–Crippen MR) is 125 cm³/mol. The number of nitrogens with two attached hydrogens (primary N) is 1. The molecule has 5 rings (SSSR count). The van der Waals surface area contributed by atoms with Gasteiger partial charge in [0.1, 0.15) is 17.4 Å². The number of para-hydroxylation sites is 1. The van der Waals surface area contributed by atoms with Crippen LogP contribution >= 0.6 is 0 Å². The Hall–Kier alpha value is -4.24. The summed E-state index contributed by atoms with van der Waals surface area (Å²) in [5.74, 6) is -0.0341. The third-order valence-corrected chi connectivity index (χ3v) is 5.47. The number of nitrogens with zero attached hydrogens (tertiary/aromatic N) is 3. The average molecular weight is 425 g/mol. The molecule has 6 nitrogen and oxygen atoms in total. The molecule has 4 aromatic rings. The van der Waals surface area contributed by atoms with E-state index in [1.165, 1.54) is 0 Å². The molecule has 0 fully saturated rings. The van der Waals surface area contributed by atoms with Gasteiger partial charge in [0.25, 0.3) is 0 Å². The topological polar surface area (TPSA) is 97.1 Å². The van der Waals surface area contributed by atoms with E-state index in [4.69, 9.17) is 10.5 Å². The van der Waals surface area contributed by atoms with Crippen LogP contribution in [0.1, 0.15) is 36.6 Å². The van der Waals surface area contributed by atoms with Gasteiger partial charge in [0.05, 0.1) is 22.9 Å². The van der Waals surface area contributed by atoms with Crippen LogP contribution in [-0.2, 0) is 0 Å². The lowest BCUT2D eigenvalue weighted by Gasteiger charge is -2.26. The Morgan fingerprint density at radius 3 is 2.41 bits per heavy atom. The third kappa shape index (κ3) is 3.25. The number of hydrogen-bond acceptors (Lipinski definition) is 5. The summed E-state index contributed by atoms with van der Waals surface area (Å²) in [6.07, 6.45) is 0. The van der Waals surface area contributed by atoms with Gasteiger partial charge in [-0.15, -0.1) is 0 Å². The lowest BCUT2D eigenvalue weighted by atomic mass is 9.81. The summed E-state index contributed by atoms with van der Waals surface area (Å²) in [4.78, 5) is 0. The van der Waals surface area contributed by atoms with E-state index in [9.17, 15) is 10.4 Å². The zero-order chi connectivity index (χ0) is 22.8. The van der Waals surface area contributed by atoms with Crippen LogP contribution in [0.4, 0.5) is 0 Å². The monoisotopic (exact) mass is 424 g/mol. The number of hydrogen-bond donors (Lipinski definition) is 2. The number of benzene rings is 3. The molecule has 0 amide bonds. The third-order valence-electron chi connectivity index (χ3n) is 5.47. The number of nitriles is 1. The van der Waals surface area contributed by atoms with Crippen molar-refractivity contribution in [1.82, 2.24) is 9.78 Å². The summed E-state index contributed by atoms with van der Waals surface area (Å²) >= 11 is 0. The van der Waals surface area contributed by atoms with E-state index in [0.29, 0.717) is 17.1 Å². The standard InChI is InChI=1S/C24H18N4O2.C2H6/c1-14-20-22(21-17-10-6-5-7-15(17)11-12-19(21)29)18(13-25)23(26)30-24(20)28(27-14)16-8-3-2-4-9-16;1-2/h2-12,22,29H,26H2,1H3;1-2H3. The fraction of sp³-hybridized carbons (Fsp3) is 0.154. The molecule has 0 saturated carbocycles. The van der Waals surface area contributed by atoms with Gasteiger partial charge >= 0.3 is 0 Å². The molecule has 1 aliphatic rings. The van der Waals surface area contributed by atoms with Crippen molar-refractivity contribution in [2.45, 2.75) is 26.7 Å². The molecule has 0 aliphatic carbocycles. The number of allylic oxidation sites excluding steroid dienone is 1. The molecule has 160 valence electrons. The van der Waals surface area contributed by atoms with Crippen LogP contribution in [0.25, 0.3) is 16.5 Å². The minimum absolute atomic E-state index is 0.0133. The van der Waals surface area contributed by atoms with Crippen LogP contribution in [0.5, 0.6) is 11.6 Å². The Labute approximate surface area is 186 Å². The Morgan fingerprint density at radius 1 is 1.00 bits per heavy atom. The summed E-state index contributed by atoms with van der Waals surface area (Å²) in [6, 6.07) is 23.0. The molecule has 1 unspecified atom stereocenters. The first-order valence-electron chi connectivity index (χ1n) is 10.5. The minimum Gasteiger partial charge on any atom is -0.508 e. The van der Waals surface area contributed by atoms with Crippen molar-refractivity contribution in [1.29, 1.82) is 5.26 Å². The number of rotatable bonds is 2. The van der Waals surface area contributed by atoms with E-state index < -0.39 is 5.92 Å². The summed E-state index contributed by atoms with van der Waals surface area (Å²) < 4.78 is 7.58. The van der Waals surface area contributed by atoms with Crippen LogP contribution in [0.2, 0.25) is 0 Å². The molecule has 3 N–H and O–H groups in total. The van der Waals surface area contributed by atoms with Crippen molar-refractivity contribution in [3.05, 3.63) is 95.0 Å². The highest BCUT2D eigenvalue weighted by Gasteiger charge is 2.38. The van der Waals surface area contributed by atoms with E-state index >= 15 is 0 Å². The SMILES string of the molecule is CC.Cc1nn(-c2ccccc2)c2c1C(c1c(O)ccc3ccccc13)C(C#N)=C(N)O2. The average Bonchev–Trinajstić information content (AvgIpc) is 3.16. The largest absolute Gasteiger partial charge is 0.508 e. The second-order valence-corrected chi connectivity index (χ2v) is 7.20. The van der Waals surface area contributed by atoms with Gasteiger partial charge in [-0.1, -0.05) is 62.4 Å². The molecule has 0 spiro atoms. The Kier molecular flexibility index (Phi) is 5.57. The summed E-state index contributed by atoms with van der Waals surface area (Å²) in [7, 11) is 0. The molecule has 1 aromatic heterocycles. The lowest BCUT2D eigenvalue weighted by Crippen LogP contribution is -2.22. The highest BCUT2D eigenvalue weighted by molar-refractivity contribution is 5.89. The smallest absolute Gasteiger partial charge is 0.229 e. The second kappa shape index (κ2) is 8.48. The van der Waals surface area contributed by atoms with Crippen LogP contribution in [0, 0.1) is 18.3 Å². The van der Waals surface area contributed by atoms with Crippen molar-refractivity contribution < 1.29 is 9.84 Å². The molecule has 3 aromatic carbocycles. The van der Waals surface area contributed by atoms with Gasteiger partial charge < -0.3 is 15.6 Å². The van der Waals surface area contributed by atoms with Crippen molar-refractivity contribution >= 4 is 10.8 Å². The first-order chi connectivity index (χ1) is 15.6. The zero-order valence-electron chi connectivity index (χ0n) is 18.2. The van der Waals surface area contributed by atoms with Crippen molar-refractivity contribution in [2.24, 2.45) is 5.73 Å². The van der Waals surface area contributed by atoms with Crippen LogP contribution in [0.15, 0.2) is 78.2 Å². The van der Waals surface area contributed by atoms with Crippen LogP contribution < -0.4 is 10.5 Å². The number of aryl methyl sites for hydroxylation is 1. The van der Waals surface area contributed by atoms with E-state index in [1.54, 1.807) is 10.7 Å². The Bertz CT molecular complexity index is 1360. The fourth-order valence-electron chi connectivity index (χ4n) is 4.13. The molecular formula is C26H24N4O2. The van der Waals surface area contributed by atoms with Gasteiger partial charge in [-0.3, -0.25) is 0 Å².